The van der Waals surface area contributed by atoms with Gasteiger partial charge in [-0.2, -0.15) is 0 Å². The number of ether oxygens (including phenoxy) is 3. The van der Waals surface area contributed by atoms with Gasteiger partial charge >= 0.3 is 6.09 Å². The summed E-state index contributed by atoms with van der Waals surface area (Å²) >= 11 is 0. The lowest BCUT2D eigenvalue weighted by Crippen LogP contribution is -2.43. The molecule has 3 rings (SSSR count). The van der Waals surface area contributed by atoms with Crippen molar-refractivity contribution in [3.8, 4) is 0 Å². The van der Waals surface area contributed by atoms with Gasteiger partial charge in [0.05, 0.1) is 18.8 Å². The highest BCUT2D eigenvalue weighted by Gasteiger charge is 2.38. The lowest BCUT2D eigenvalue weighted by molar-refractivity contribution is -0.275. The number of hydrogen-bond donors (Lipinski definition) is 2. The van der Waals surface area contributed by atoms with Gasteiger partial charge in [0.1, 0.15) is 6.61 Å². The molecule has 1 saturated heterocycles. The van der Waals surface area contributed by atoms with Gasteiger partial charge in [-0.05, 0) is 23.7 Å². The minimum atomic E-state index is -0.532. The molecule has 7 heteroatoms. The average molecular weight is 481 g/mol. The third-order valence-electron chi connectivity index (χ3n) is 6.08. The first-order chi connectivity index (χ1) is 16.9. The summed E-state index contributed by atoms with van der Waals surface area (Å²) in [4.78, 5) is 13.8. The smallest absolute Gasteiger partial charge is 0.407 e. The monoisotopic (exact) mass is 480 g/mol. The number of carbonyl (C=O) groups is 1. The minimum Gasteiger partial charge on any atom is -0.445 e. The van der Waals surface area contributed by atoms with Crippen molar-refractivity contribution in [1.82, 2.24) is 10.2 Å². The Balaban J connectivity index is 1.75. The largest absolute Gasteiger partial charge is 0.445 e. The molecule has 0 saturated carbocycles. The molecule has 2 aromatic carbocycles. The van der Waals surface area contributed by atoms with Crippen LogP contribution in [0.1, 0.15) is 41.6 Å². The van der Waals surface area contributed by atoms with Gasteiger partial charge in [0, 0.05) is 31.1 Å². The Morgan fingerprint density at radius 2 is 1.71 bits per heavy atom. The second-order valence-corrected chi connectivity index (χ2v) is 8.81. The maximum Gasteiger partial charge on any atom is 0.407 e. The predicted octanol–water partition coefficient (Wildman–Crippen LogP) is 4.50. The Morgan fingerprint density at radius 3 is 2.34 bits per heavy atom. The Labute approximate surface area is 208 Å². The van der Waals surface area contributed by atoms with Gasteiger partial charge in [-0.1, -0.05) is 74.2 Å². The molecule has 35 heavy (non-hydrogen) atoms. The number of nitrogens with one attached hydrogen (secondary N) is 1. The van der Waals surface area contributed by atoms with Crippen molar-refractivity contribution >= 4 is 6.09 Å². The number of aliphatic hydroxyl groups is 1. The van der Waals surface area contributed by atoms with E-state index in [1.165, 1.54) is 6.08 Å². The molecule has 1 aliphatic heterocycles. The van der Waals surface area contributed by atoms with E-state index in [0.29, 0.717) is 6.54 Å². The standard InChI is InChI=1S/C28H36N2O5/c1-5-15-30(4)18-25-20(3)26(23-11-9-22(19-31)10-12-23)35-27(34-25)24-13-7-21(8-14-24)17-29-28(32)33-16-6-2/h5-14,20,25-27,31H,1-2,15-19H2,3-4H3,(H,29,32). The molecular weight excluding hydrogens is 444 g/mol. The number of rotatable bonds is 11. The second-order valence-electron chi connectivity index (χ2n) is 8.81. The quantitative estimate of drug-likeness (QED) is 0.461. The molecule has 1 aliphatic rings. The van der Waals surface area contributed by atoms with E-state index < -0.39 is 12.4 Å². The lowest BCUT2D eigenvalue weighted by atomic mass is 9.90. The maximum atomic E-state index is 11.7. The van der Waals surface area contributed by atoms with Crippen LogP contribution in [0.3, 0.4) is 0 Å². The lowest BCUT2D eigenvalue weighted by Gasteiger charge is -2.42. The molecule has 0 aromatic heterocycles. The Morgan fingerprint density at radius 1 is 1.06 bits per heavy atom. The Kier molecular flexibility index (Phi) is 10.0. The van der Waals surface area contributed by atoms with E-state index in [0.717, 1.165) is 35.3 Å². The predicted molar refractivity (Wildman–Crippen MR) is 135 cm³/mol. The van der Waals surface area contributed by atoms with Crippen molar-refractivity contribution in [3.63, 3.8) is 0 Å². The van der Waals surface area contributed by atoms with Gasteiger partial charge in [0.2, 0.25) is 0 Å². The van der Waals surface area contributed by atoms with E-state index in [2.05, 4.69) is 37.3 Å². The number of benzene rings is 2. The van der Waals surface area contributed by atoms with Gasteiger partial charge < -0.3 is 29.5 Å². The summed E-state index contributed by atoms with van der Waals surface area (Å²) in [5, 5.41) is 12.1. The number of carbonyl (C=O) groups excluding carboxylic acids is 1. The zero-order valence-corrected chi connectivity index (χ0v) is 20.6. The molecule has 4 unspecified atom stereocenters. The summed E-state index contributed by atoms with van der Waals surface area (Å²) in [6.45, 7) is 11.6. The summed E-state index contributed by atoms with van der Waals surface area (Å²) in [5.41, 5.74) is 3.76. The van der Waals surface area contributed by atoms with E-state index in [1.807, 2.05) is 54.6 Å². The number of likely N-dealkylation sites (N-methyl/N-ethyl adjacent to an activating group) is 1. The first kappa shape index (κ1) is 26.6. The van der Waals surface area contributed by atoms with Gasteiger partial charge in [-0.25, -0.2) is 4.79 Å². The topological polar surface area (TPSA) is 80.3 Å². The van der Waals surface area contributed by atoms with Crippen molar-refractivity contribution in [2.24, 2.45) is 5.92 Å². The van der Waals surface area contributed by atoms with E-state index in [9.17, 15) is 9.90 Å². The minimum absolute atomic E-state index is 0.00918. The molecule has 0 aliphatic carbocycles. The number of aliphatic hydroxyl groups excluding tert-OH is 1. The molecule has 2 aromatic rings. The average Bonchev–Trinajstić information content (AvgIpc) is 2.88. The van der Waals surface area contributed by atoms with E-state index in [-0.39, 0.29) is 31.3 Å². The van der Waals surface area contributed by atoms with Gasteiger partial charge in [0.25, 0.3) is 0 Å². The van der Waals surface area contributed by atoms with Crippen LogP contribution in [0.2, 0.25) is 0 Å². The highest BCUT2D eigenvalue weighted by atomic mass is 16.7. The molecular formula is C28H36N2O5. The number of amides is 1. The van der Waals surface area contributed by atoms with Crippen LogP contribution in [-0.4, -0.2) is 48.9 Å². The van der Waals surface area contributed by atoms with Crippen molar-refractivity contribution < 1.29 is 24.1 Å². The zero-order chi connectivity index (χ0) is 25.2. The van der Waals surface area contributed by atoms with Crippen molar-refractivity contribution in [2.45, 2.75) is 38.6 Å². The summed E-state index contributed by atoms with van der Waals surface area (Å²) < 4.78 is 17.9. The summed E-state index contributed by atoms with van der Waals surface area (Å²) in [5.74, 6) is 0.114. The van der Waals surface area contributed by atoms with Crippen LogP contribution in [0.5, 0.6) is 0 Å². The second kappa shape index (κ2) is 13.2. The summed E-state index contributed by atoms with van der Waals surface area (Å²) in [7, 11) is 2.05. The molecule has 2 N–H and O–H groups in total. The van der Waals surface area contributed by atoms with Crippen molar-refractivity contribution in [3.05, 3.63) is 96.1 Å². The number of hydrogen-bond acceptors (Lipinski definition) is 6. The fraction of sp³-hybridized carbons (Fsp3) is 0.393. The van der Waals surface area contributed by atoms with Crippen molar-refractivity contribution in [1.29, 1.82) is 0 Å². The molecule has 1 heterocycles. The third kappa shape index (κ3) is 7.50. The molecule has 0 bridgehead atoms. The van der Waals surface area contributed by atoms with Crippen LogP contribution in [-0.2, 0) is 27.4 Å². The highest BCUT2D eigenvalue weighted by Crippen LogP contribution is 2.41. The third-order valence-corrected chi connectivity index (χ3v) is 6.08. The molecule has 0 radical (unpaired) electrons. The molecule has 0 spiro atoms. The molecule has 188 valence electrons. The highest BCUT2D eigenvalue weighted by molar-refractivity contribution is 5.67. The van der Waals surface area contributed by atoms with Crippen LogP contribution in [0, 0.1) is 5.92 Å². The van der Waals surface area contributed by atoms with Crippen LogP contribution in [0.25, 0.3) is 0 Å². The summed E-state index contributed by atoms with van der Waals surface area (Å²) in [6.07, 6.45) is 2.17. The number of alkyl carbamates (subject to hydrolysis) is 1. The fourth-order valence-corrected chi connectivity index (χ4v) is 4.08. The van der Waals surface area contributed by atoms with Gasteiger partial charge in [-0.15, -0.1) is 6.58 Å². The molecule has 1 fully saturated rings. The Hall–Kier alpha value is -2.97. The molecule has 4 atom stereocenters. The van der Waals surface area contributed by atoms with Crippen LogP contribution < -0.4 is 5.32 Å². The molecule has 1 amide bonds. The van der Waals surface area contributed by atoms with Crippen LogP contribution >= 0.6 is 0 Å². The van der Waals surface area contributed by atoms with E-state index >= 15 is 0 Å². The number of nitrogens with zero attached hydrogens (tertiary/aromatic N) is 1. The first-order valence-electron chi connectivity index (χ1n) is 11.9. The van der Waals surface area contributed by atoms with E-state index in [4.69, 9.17) is 14.2 Å². The maximum absolute atomic E-state index is 11.7. The van der Waals surface area contributed by atoms with Gasteiger partial charge in [-0.3, -0.25) is 0 Å². The zero-order valence-electron chi connectivity index (χ0n) is 20.6. The van der Waals surface area contributed by atoms with Crippen LogP contribution in [0.4, 0.5) is 4.79 Å². The van der Waals surface area contributed by atoms with Crippen LogP contribution in [0.15, 0.2) is 73.8 Å². The molecule has 7 nitrogen and oxygen atoms in total. The fourth-order valence-electron chi connectivity index (χ4n) is 4.08. The van der Waals surface area contributed by atoms with Gasteiger partial charge in [0.15, 0.2) is 6.29 Å². The SMILES string of the molecule is C=CCOC(=O)NCc1ccc(C2OC(CN(C)CC=C)C(C)C(c3ccc(CO)cc3)O2)cc1. The van der Waals surface area contributed by atoms with E-state index in [1.54, 1.807) is 0 Å². The Bertz CT molecular complexity index is 960. The normalized spacial score (nSPS) is 21.9. The first-order valence-corrected chi connectivity index (χ1v) is 11.9. The summed E-state index contributed by atoms with van der Waals surface area (Å²) in [6, 6.07) is 15.7. The van der Waals surface area contributed by atoms with Crippen molar-refractivity contribution in [2.75, 3.05) is 26.7 Å².